The van der Waals surface area contributed by atoms with Crippen molar-refractivity contribution < 1.29 is 9.53 Å². The number of hydrogen-bond donors (Lipinski definition) is 1. The lowest BCUT2D eigenvalue weighted by Gasteiger charge is -2.10. The van der Waals surface area contributed by atoms with Crippen LogP contribution in [0.1, 0.15) is 24.2 Å². The second-order valence-corrected chi connectivity index (χ2v) is 4.09. The third kappa shape index (κ3) is 2.36. The number of nitrogens with one attached hydrogen (secondary N) is 1. The van der Waals surface area contributed by atoms with E-state index in [1.54, 1.807) is 12.1 Å². The van der Waals surface area contributed by atoms with Gasteiger partial charge >= 0.3 is 0 Å². The maximum absolute atomic E-state index is 11.5. The van der Waals surface area contributed by atoms with E-state index < -0.39 is 0 Å². The van der Waals surface area contributed by atoms with Gasteiger partial charge in [-0.25, -0.2) is 0 Å². The molecule has 0 saturated carbocycles. The van der Waals surface area contributed by atoms with E-state index in [1.807, 2.05) is 26.0 Å². The number of aromatic nitrogens is 1. The molecule has 17 heavy (non-hydrogen) atoms. The number of pyridine rings is 1. The van der Waals surface area contributed by atoms with E-state index in [-0.39, 0.29) is 17.2 Å². The molecule has 0 radical (unpaired) electrons. The Hall–Kier alpha value is -2.10. The summed E-state index contributed by atoms with van der Waals surface area (Å²) in [6.07, 6.45) is 0.630. The number of H-pyrrole nitrogens is 1. The van der Waals surface area contributed by atoms with Crippen molar-refractivity contribution in [3.05, 3.63) is 40.2 Å². The standard InChI is InChI=1S/C13H13NO3/c1-8(2)17-11-4-3-9-5-10(7-15)13(16)14-12(9)6-11/h3-8H,1-2H3,(H,14,16). The number of ether oxygens (including phenoxy) is 1. The van der Waals surface area contributed by atoms with Crippen molar-refractivity contribution >= 4 is 17.2 Å². The zero-order valence-corrected chi connectivity index (χ0v) is 9.69. The highest BCUT2D eigenvalue weighted by molar-refractivity contribution is 5.86. The van der Waals surface area contributed by atoms with Crippen molar-refractivity contribution in [3.8, 4) is 5.75 Å². The average molecular weight is 231 g/mol. The molecule has 1 aromatic heterocycles. The quantitative estimate of drug-likeness (QED) is 0.823. The Morgan fingerprint density at radius 3 is 2.71 bits per heavy atom. The van der Waals surface area contributed by atoms with E-state index in [9.17, 15) is 9.59 Å². The van der Waals surface area contributed by atoms with Gasteiger partial charge in [-0.15, -0.1) is 0 Å². The van der Waals surface area contributed by atoms with Crippen molar-refractivity contribution in [1.82, 2.24) is 4.98 Å². The highest BCUT2D eigenvalue weighted by atomic mass is 16.5. The van der Waals surface area contributed by atoms with Gasteiger partial charge in [0.15, 0.2) is 6.29 Å². The molecule has 0 aliphatic rings. The molecule has 1 heterocycles. The molecule has 88 valence electrons. The summed E-state index contributed by atoms with van der Waals surface area (Å²) in [6.45, 7) is 3.87. The first-order valence-corrected chi connectivity index (χ1v) is 5.39. The fraction of sp³-hybridized carbons (Fsp3) is 0.231. The van der Waals surface area contributed by atoms with E-state index >= 15 is 0 Å². The number of hydrogen-bond acceptors (Lipinski definition) is 3. The molecule has 2 rings (SSSR count). The predicted octanol–water partition coefficient (Wildman–Crippen LogP) is 2.13. The fourth-order valence-corrected chi connectivity index (χ4v) is 1.63. The van der Waals surface area contributed by atoms with Gasteiger partial charge in [-0.05, 0) is 37.4 Å². The van der Waals surface area contributed by atoms with Gasteiger partial charge in [0.1, 0.15) is 5.75 Å². The van der Waals surface area contributed by atoms with Crippen molar-refractivity contribution in [1.29, 1.82) is 0 Å². The molecule has 2 aromatic rings. The van der Waals surface area contributed by atoms with Gasteiger partial charge in [-0.2, -0.15) is 0 Å². The van der Waals surface area contributed by atoms with Gasteiger partial charge < -0.3 is 9.72 Å². The minimum absolute atomic E-state index is 0.0772. The van der Waals surface area contributed by atoms with E-state index in [4.69, 9.17) is 4.74 Å². The molecule has 1 aromatic carbocycles. The van der Waals surface area contributed by atoms with Crippen LogP contribution >= 0.6 is 0 Å². The van der Waals surface area contributed by atoms with Gasteiger partial charge in [-0.3, -0.25) is 9.59 Å². The maximum Gasteiger partial charge on any atom is 0.259 e. The SMILES string of the molecule is CC(C)Oc1ccc2cc(C=O)c(=O)[nH]c2c1. The molecule has 0 aliphatic heterocycles. The Morgan fingerprint density at radius 2 is 2.06 bits per heavy atom. The lowest BCUT2D eigenvalue weighted by Crippen LogP contribution is -2.11. The third-order valence-electron chi connectivity index (χ3n) is 2.34. The van der Waals surface area contributed by atoms with Gasteiger partial charge in [0.2, 0.25) is 0 Å². The van der Waals surface area contributed by atoms with Crippen LogP contribution in [0.4, 0.5) is 0 Å². The molecule has 4 nitrogen and oxygen atoms in total. The van der Waals surface area contributed by atoms with Crippen LogP contribution in [0, 0.1) is 0 Å². The van der Waals surface area contributed by atoms with E-state index in [1.165, 1.54) is 0 Å². The molecule has 1 N–H and O–H groups in total. The molecule has 0 fully saturated rings. The number of carbonyl (C=O) groups is 1. The van der Waals surface area contributed by atoms with Gasteiger partial charge in [0.25, 0.3) is 5.56 Å². The first-order chi connectivity index (χ1) is 8.10. The maximum atomic E-state index is 11.5. The zero-order chi connectivity index (χ0) is 12.4. The summed E-state index contributed by atoms with van der Waals surface area (Å²) in [5.41, 5.74) is 0.419. The average Bonchev–Trinajstić information content (AvgIpc) is 2.27. The van der Waals surface area contributed by atoms with Crippen LogP contribution in [-0.2, 0) is 0 Å². The van der Waals surface area contributed by atoms with Gasteiger partial charge in [0, 0.05) is 6.07 Å². The smallest absolute Gasteiger partial charge is 0.259 e. The first-order valence-electron chi connectivity index (χ1n) is 5.39. The molecular formula is C13H13NO3. The van der Waals surface area contributed by atoms with Gasteiger partial charge in [0.05, 0.1) is 17.2 Å². The lowest BCUT2D eigenvalue weighted by molar-refractivity contribution is 0.112. The number of aldehydes is 1. The second-order valence-electron chi connectivity index (χ2n) is 4.09. The first kappa shape index (κ1) is 11.4. The molecule has 0 aliphatic carbocycles. The predicted molar refractivity (Wildman–Crippen MR) is 65.7 cm³/mol. The third-order valence-corrected chi connectivity index (χ3v) is 2.34. The topological polar surface area (TPSA) is 59.2 Å². The number of fused-ring (bicyclic) bond motifs is 1. The zero-order valence-electron chi connectivity index (χ0n) is 9.69. The monoisotopic (exact) mass is 231 g/mol. The van der Waals surface area contributed by atoms with Crippen LogP contribution in [0.2, 0.25) is 0 Å². The highest BCUT2D eigenvalue weighted by Crippen LogP contribution is 2.19. The highest BCUT2D eigenvalue weighted by Gasteiger charge is 2.04. The molecular weight excluding hydrogens is 218 g/mol. The van der Waals surface area contributed by atoms with E-state index in [0.717, 1.165) is 5.39 Å². The Kier molecular flexibility index (Phi) is 2.95. The van der Waals surface area contributed by atoms with Crippen LogP contribution in [0.15, 0.2) is 29.1 Å². The number of aromatic amines is 1. The summed E-state index contributed by atoms with van der Waals surface area (Å²) in [4.78, 5) is 24.8. The van der Waals surface area contributed by atoms with Crippen molar-refractivity contribution in [3.63, 3.8) is 0 Å². The molecule has 4 heteroatoms. The van der Waals surface area contributed by atoms with Crippen LogP contribution in [-0.4, -0.2) is 17.4 Å². The van der Waals surface area contributed by atoms with E-state index in [2.05, 4.69) is 4.98 Å². The Morgan fingerprint density at radius 1 is 1.29 bits per heavy atom. The Labute approximate surface area is 98.2 Å². The lowest BCUT2D eigenvalue weighted by atomic mass is 10.1. The Balaban J connectivity index is 2.55. The van der Waals surface area contributed by atoms with Crippen LogP contribution in [0.3, 0.4) is 0 Å². The molecule has 0 unspecified atom stereocenters. The summed E-state index contributed by atoms with van der Waals surface area (Å²) in [7, 11) is 0. The molecule has 0 saturated heterocycles. The van der Waals surface area contributed by atoms with Crippen LogP contribution < -0.4 is 10.3 Å². The number of carbonyl (C=O) groups excluding carboxylic acids is 1. The Bertz CT molecular complexity index is 614. The largest absolute Gasteiger partial charge is 0.491 e. The molecule has 0 bridgehead atoms. The molecule has 0 amide bonds. The fourth-order valence-electron chi connectivity index (χ4n) is 1.63. The minimum atomic E-state index is -0.380. The number of benzene rings is 1. The summed E-state index contributed by atoms with van der Waals surface area (Å²) in [6, 6.07) is 6.96. The van der Waals surface area contributed by atoms with Crippen LogP contribution in [0.25, 0.3) is 10.9 Å². The van der Waals surface area contributed by atoms with Crippen molar-refractivity contribution in [2.75, 3.05) is 0 Å². The van der Waals surface area contributed by atoms with Crippen LogP contribution in [0.5, 0.6) is 5.75 Å². The van der Waals surface area contributed by atoms with E-state index in [0.29, 0.717) is 17.6 Å². The molecule has 0 spiro atoms. The second kappa shape index (κ2) is 4.41. The number of rotatable bonds is 3. The summed E-state index contributed by atoms with van der Waals surface area (Å²) < 4.78 is 5.53. The van der Waals surface area contributed by atoms with Crippen molar-refractivity contribution in [2.45, 2.75) is 20.0 Å². The summed E-state index contributed by atoms with van der Waals surface area (Å²) >= 11 is 0. The summed E-state index contributed by atoms with van der Waals surface area (Å²) in [5.74, 6) is 0.696. The van der Waals surface area contributed by atoms with Crippen molar-refractivity contribution in [2.24, 2.45) is 0 Å². The molecule has 0 atom stereocenters. The minimum Gasteiger partial charge on any atom is -0.491 e. The summed E-state index contributed by atoms with van der Waals surface area (Å²) in [5, 5.41) is 0.808. The van der Waals surface area contributed by atoms with Gasteiger partial charge in [-0.1, -0.05) is 0 Å². The normalized spacial score (nSPS) is 10.8.